The number of amides is 2. The Morgan fingerprint density at radius 2 is 1.74 bits per heavy atom. The number of hydrogen-bond acceptors (Lipinski definition) is 5. The maximum absolute atomic E-state index is 12.9. The number of aromatic nitrogens is 4. The fourth-order valence-electron chi connectivity index (χ4n) is 4.37. The summed E-state index contributed by atoms with van der Waals surface area (Å²) in [5.41, 5.74) is 0.516. The van der Waals surface area contributed by atoms with E-state index >= 15 is 0 Å². The predicted molar refractivity (Wildman–Crippen MR) is 126 cm³/mol. The van der Waals surface area contributed by atoms with Crippen molar-refractivity contribution in [2.24, 2.45) is 5.92 Å². The van der Waals surface area contributed by atoms with Crippen molar-refractivity contribution in [3.8, 4) is 5.69 Å². The molecule has 35 heavy (non-hydrogen) atoms. The summed E-state index contributed by atoms with van der Waals surface area (Å²) in [4.78, 5) is 29.6. The van der Waals surface area contributed by atoms with Gasteiger partial charge in [-0.05, 0) is 50.1 Å². The Balaban J connectivity index is 1.51. The minimum atomic E-state index is -4.38. The van der Waals surface area contributed by atoms with Crippen LogP contribution in [-0.2, 0) is 6.18 Å². The van der Waals surface area contributed by atoms with Gasteiger partial charge in [-0.15, -0.1) is 0 Å². The lowest BCUT2D eigenvalue weighted by molar-refractivity contribution is -0.137. The summed E-state index contributed by atoms with van der Waals surface area (Å²) in [6.45, 7) is 8.06. The maximum atomic E-state index is 12.9. The van der Waals surface area contributed by atoms with Crippen LogP contribution in [0, 0.1) is 5.92 Å². The third kappa shape index (κ3) is 4.80. The number of anilines is 2. The molecule has 0 spiro atoms. The van der Waals surface area contributed by atoms with Crippen LogP contribution in [0.1, 0.15) is 45.0 Å². The number of hydrogen-bond donors (Lipinski definition) is 1. The van der Waals surface area contributed by atoms with Crippen molar-refractivity contribution in [3.05, 3.63) is 60.3 Å². The summed E-state index contributed by atoms with van der Waals surface area (Å²) in [6, 6.07) is 6.21. The molecular weight excluding hydrogens is 459 g/mol. The van der Waals surface area contributed by atoms with E-state index < -0.39 is 11.7 Å². The van der Waals surface area contributed by atoms with E-state index in [9.17, 15) is 18.0 Å². The zero-order valence-electron chi connectivity index (χ0n) is 20.2. The van der Waals surface area contributed by atoms with Gasteiger partial charge < -0.3 is 14.8 Å². The van der Waals surface area contributed by atoms with Gasteiger partial charge in [0, 0.05) is 25.1 Å². The van der Waals surface area contributed by atoms with Crippen LogP contribution in [0.5, 0.6) is 0 Å². The third-order valence-electron chi connectivity index (χ3n) is 6.37. The van der Waals surface area contributed by atoms with E-state index in [1.54, 1.807) is 46.2 Å². The third-order valence-corrected chi connectivity index (χ3v) is 6.37. The molecule has 1 saturated heterocycles. The summed E-state index contributed by atoms with van der Waals surface area (Å²) >= 11 is 0. The van der Waals surface area contributed by atoms with Gasteiger partial charge in [0.25, 0.3) is 0 Å². The van der Waals surface area contributed by atoms with Gasteiger partial charge in [-0.25, -0.2) is 14.8 Å². The maximum Gasteiger partial charge on any atom is 0.416 e. The van der Waals surface area contributed by atoms with Crippen LogP contribution >= 0.6 is 0 Å². The first-order valence-corrected chi connectivity index (χ1v) is 11.3. The van der Waals surface area contributed by atoms with Gasteiger partial charge in [-0.3, -0.25) is 4.90 Å². The summed E-state index contributed by atoms with van der Waals surface area (Å²) in [5, 5.41) is 3.20. The van der Waals surface area contributed by atoms with Crippen LogP contribution < -0.4 is 10.2 Å². The molecule has 1 aromatic carbocycles. The van der Waals surface area contributed by atoms with Crippen LogP contribution in [0.4, 0.5) is 29.7 Å². The summed E-state index contributed by atoms with van der Waals surface area (Å²) < 4.78 is 40.1. The minimum absolute atomic E-state index is 0.0212. The number of nitrogens with one attached hydrogen (secondary N) is 1. The van der Waals surface area contributed by atoms with E-state index in [1.807, 2.05) is 13.8 Å². The topological polar surface area (TPSA) is 79.2 Å². The zero-order valence-corrected chi connectivity index (χ0v) is 20.2. The predicted octanol–water partition coefficient (Wildman–Crippen LogP) is 5.14. The smallest absolute Gasteiger partial charge is 0.346 e. The molecule has 0 saturated carbocycles. The van der Waals surface area contributed by atoms with Gasteiger partial charge in [0.2, 0.25) is 5.95 Å². The molecule has 1 aliphatic rings. The largest absolute Gasteiger partial charge is 0.416 e. The van der Waals surface area contributed by atoms with E-state index in [4.69, 9.17) is 0 Å². The average Bonchev–Trinajstić information content (AvgIpc) is 3.39. The van der Waals surface area contributed by atoms with E-state index in [1.165, 1.54) is 12.1 Å². The molecule has 0 radical (unpaired) electrons. The van der Waals surface area contributed by atoms with Gasteiger partial charge in [0.15, 0.2) is 0 Å². The van der Waals surface area contributed by atoms with Gasteiger partial charge in [0.05, 0.1) is 35.7 Å². The molecule has 4 rings (SSSR count). The highest BCUT2D eigenvalue weighted by Crippen LogP contribution is 2.32. The fraction of sp³-hybridized carbons (Fsp3) is 0.417. The molecule has 2 amide bonds. The van der Waals surface area contributed by atoms with Gasteiger partial charge >= 0.3 is 12.2 Å². The Labute approximate surface area is 201 Å². The van der Waals surface area contributed by atoms with Crippen LogP contribution in [0.15, 0.2) is 49.1 Å². The number of rotatable bonds is 6. The summed E-state index contributed by atoms with van der Waals surface area (Å²) in [7, 11) is 1.79. The highest BCUT2D eigenvalue weighted by molar-refractivity contribution is 5.94. The SMILES string of the molecule is CC(C)[C@H]1C(C)N(C)C(=O)N1c1ccnc(N[C@@H](C)c2cn(-c3ccc(C(F)(F)F)cc3)cn2)n1. The molecule has 3 aromatic rings. The summed E-state index contributed by atoms with van der Waals surface area (Å²) in [5.74, 6) is 1.10. The first kappa shape index (κ1) is 24.5. The molecule has 1 N–H and O–H groups in total. The second-order valence-electron chi connectivity index (χ2n) is 9.09. The van der Waals surface area contributed by atoms with E-state index in [0.29, 0.717) is 23.1 Å². The van der Waals surface area contributed by atoms with E-state index in [0.717, 1.165) is 12.1 Å². The lowest BCUT2D eigenvalue weighted by atomic mass is 9.97. The highest BCUT2D eigenvalue weighted by atomic mass is 19.4. The lowest BCUT2D eigenvalue weighted by Crippen LogP contribution is -2.40. The number of benzene rings is 1. The molecule has 1 fully saturated rings. The molecule has 0 aliphatic carbocycles. The van der Waals surface area contributed by atoms with Crippen molar-refractivity contribution in [2.75, 3.05) is 17.3 Å². The van der Waals surface area contributed by atoms with Crippen molar-refractivity contribution < 1.29 is 18.0 Å². The van der Waals surface area contributed by atoms with Crippen molar-refractivity contribution in [1.29, 1.82) is 0 Å². The monoisotopic (exact) mass is 487 g/mol. The Morgan fingerprint density at radius 1 is 1.06 bits per heavy atom. The zero-order chi connectivity index (χ0) is 25.5. The van der Waals surface area contributed by atoms with Crippen LogP contribution in [0.2, 0.25) is 0 Å². The molecule has 1 aliphatic heterocycles. The number of nitrogens with zero attached hydrogens (tertiary/aromatic N) is 6. The minimum Gasteiger partial charge on any atom is -0.346 e. The van der Waals surface area contributed by atoms with E-state index in [-0.39, 0.29) is 30.1 Å². The van der Waals surface area contributed by atoms with Crippen LogP contribution in [0.3, 0.4) is 0 Å². The average molecular weight is 488 g/mol. The quantitative estimate of drug-likeness (QED) is 0.521. The Morgan fingerprint density at radius 3 is 2.37 bits per heavy atom. The standard InChI is InChI=1S/C24H28F3N7O/c1-14(2)21-16(4)32(5)23(35)34(21)20-10-11-28-22(31-20)30-15(3)19-12-33(13-29-19)18-8-6-17(7-9-18)24(25,26)27/h6-16,21H,1-5H3,(H,28,30,31)/t15-,16?,21-/m0/s1. The lowest BCUT2D eigenvalue weighted by Gasteiger charge is -2.28. The molecule has 3 heterocycles. The highest BCUT2D eigenvalue weighted by Gasteiger charge is 2.44. The molecule has 3 atom stereocenters. The molecule has 1 unspecified atom stereocenters. The Kier molecular flexibility index (Phi) is 6.44. The molecular formula is C24H28F3N7O. The number of carbonyl (C=O) groups is 1. The number of carbonyl (C=O) groups excluding carboxylic acids is 1. The number of imidazole rings is 1. The first-order valence-electron chi connectivity index (χ1n) is 11.3. The Bertz CT molecular complexity index is 1190. The van der Waals surface area contributed by atoms with Crippen molar-refractivity contribution in [3.63, 3.8) is 0 Å². The van der Waals surface area contributed by atoms with E-state index in [2.05, 4.69) is 34.1 Å². The first-order chi connectivity index (χ1) is 16.5. The van der Waals surface area contributed by atoms with Crippen LogP contribution in [0.25, 0.3) is 5.69 Å². The summed E-state index contributed by atoms with van der Waals surface area (Å²) in [6.07, 6.45) is 0.500. The van der Waals surface area contributed by atoms with Crippen molar-refractivity contribution in [2.45, 2.75) is 52.0 Å². The molecule has 2 aromatic heterocycles. The van der Waals surface area contributed by atoms with Gasteiger partial charge in [0.1, 0.15) is 5.82 Å². The molecule has 0 bridgehead atoms. The molecule has 186 valence electrons. The van der Waals surface area contributed by atoms with Crippen molar-refractivity contribution >= 4 is 17.8 Å². The molecule has 11 heteroatoms. The van der Waals surface area contributed by atoms with Gasteiger partial charge in [-0.1, -0.05) is 13.8 Å². The van der Waals surface area contributed by atoms with Gasteiger partial charge in [-0.2, -0.15) is 18.2 Å². The number of urea groups is 1. The second-order valence-corrected chi connectivity index (χ2v) is 9.09. The van der Waals surface area contributed by atoms with Crippen molar-refractivity contribution in [1.82, 2.24) is 24.4 Å². The fourth-order valence-corrected chi connectivity index (χ4v) is 4.37. The number of halogens is 3. The van der Waals surface area contributed by atoms with Crippen LogP contribution in [-0.4, -0.2) is 49.6 Å². The number of alkyl halides is 3. The normalized spacial score (nSPS) is 19.5. The Hall–Kier alpha value is -3.63. The second kappa shape index (κ2) is 9.20. The number of likely N-dealkylation sites (N-methyl/N-ethyl adjacent to an activating group) is 1. The molecule has 8 nitrogen and oxygen atoms in total.